The van der Waals surface area contributed by atoms with E-state index in [2.05, 4.69) is 5.32 Å². The molecule has 0 saturated carbocycles. The van der Waals surface area contributed by atoms with Crippen molar-refractivity contribution < 1.29 is 17.9 Å². The van der Waals surface area contributed by atoms with Gasteiger partial charge in [0, 0.05) is 39.6 Å². The number of benzene rings is 1. The van der Waals surface area contributed by atoms with Crippen LogP contribution in [0.25, 0.3) is 0 Å². The molecule has 8 heteroatoms. The summed E-state index contributed by atoms with van der Waals surface area (Å²) in [5.74, 6) is 0.577. The van der Waals surface area contributed by atoms with Crippen LogP contribution in [-0.4, -0.2) is 57.2 Å². The Bertz CT molecular complexity index is 668. The highest BCUT2D eigenvalue weighted by Gasteiger charge is 2.32. The molecule has 0 unspecified atom stereocenters. The number of carbonyl (C=O) groups excluding carboxylic acids is 1. The van der Waals surface area contributed by atoms with Crippen molar-refractivity contribution in [3.05, 3.63) is 29.8 Å². The van der Waals surface area contributed by atoms with Crippen molar-refractivity contribution in [1.29, 1.82) is 0 Å². The molecule has 0 atom stereocenters. The van der Waals surface area contributed by atoms with Crippen LogP contribution >= 0.6 is 0 Å². The van der Waals surface area contributed by atoms with Crippen LogP contribution in [0.1, 0.15) is 18.4 Å². The summed E-state index contributed by atoms with van der Waals surface area (Å²) in [5.41, 5.74) is 0.968. The molecule has 1 saturated heterocycles. The molecule has 7 nitrogen and oxygen atoms in total. The second kappa shape index (κ2) is 7.96. The minimum atomic E-state index is -3.39. The van der Waals surface area contributed by atoms with E-state index in [1.165, 1.54) is 22.7 Å². The molecule has 1 aromatic rings. The number of nitrogens with one attached hydrogen (secondary N) is 1. The Balaban J connectivity index is 1.85. The quantitative estimate of drug-likeness (QED) is 0.820. The lowest BCUT2D eigenvalue weighted by Gasteiger charge is -2.32. The molecule has 0 radical (unpaired) electrons. The SMILES string of the molecule is COc1cccc(CNC(=O)C2CCN(S(=O)(=O)N(C)C)CC2)c1. The predicted octanol–water partition coefficient (Wildman–Crippen LogP) is 0.830. The van der Waals surface area contributed by atoms with Gasteiger partial charge >= 0.3 is 0 Å². The number of amides is 1. The molecule has 1 aromatic carbocycles. The first-order valence-corrected chi connectivity index (χ1v) is 9.32. The third-order valence-corrected chi connectivity index (χ3v) is 6.15. The number of hydrogen-bond donors (Lipinski definition) is 1. The number of methoxy groups -OCH3 is 1. The van der Waals surface area contributed by atoms with E-state index in [4.69, 9.17) is 4.74 Å². The maximum atomic E-state index is 12.3. The monoisotopic (exact) mass is 355 g/mol. The van der Waals surface area contributed by atoms with Crippen LogP contribution in [0.5, 0.6) is 5.75 Å². The number of piperidine rings is 1. The number of carbonyl (C=O) groups is 1. The Morgan fingerprint density at radius 3 is 2.58 bits per heavy atom. The van der Waals surface area contributed by atoms with E-state index in [1.807, 2.05) is 24.3 Å². The molecular weight excluding hydrogens is 330 g/mol. The summed E-state index contributed by atoms with van der Waals surface area (Å²) in [5, 5.41) is 2.92. The van der Waals surface area contributed by atoms with Crippen molar-refractivity contribution >= 4 is 16.1 Å². The van der Waals surface area contributed by atoms with E-state index in [0.717, 1.165) is 11.3 Å². The van der Waals surface area contributed by atoms with E-state index in [1.54, 1.807) is 7.11 Å². The van der Waals surface area contributed by atoms with Gasteiger partial charge in [-0.2, -0.15) is 17.0 Å². The number of rotatable bonds is 6. The first kappa shape index (κ1) is 18.7. The minimum absolute atomic E-state index is 0.0280. The average Bonchev–Trinajstić information content (AvgIpc) is 2.59. The van der Waals surface area contributed by atoms with E-state index >= 15 is 0 Å². The van der Waals surface area contributed by atoms with Gasteiger partial charge < -0.3 is 10.1 Å². The molecule has 1 aliphatic heterocycles. The van der Waals surface area contributed by atoms with E-state index in [-0.39, 0.29) is 11.8 Å². The van der Waals surface area contributed by atoms with Crippen molar-refractivity contribution in [1.82, 2.24) is 13.9 Å². The van der Waals surface area contributed by atoms with Crippen molar-refractivity contribution in [2.75, 3.05) is 34.3 Å². The van der Waals surface area contributed by atoms with Crippen molar-refractivity contribution in [2.24, 2.45) is 5.92 Å². The summed E-state index contributed by atoms with van der Waals surface area (Å²) in [6.45, 7) is 1.18. The number of hydrogen-bond acceptors (Lipinski definition) is 4. The predicted molar refractivity (Wildman–Crippen MR) is 91.7 cm³/mol. The molecule has 2 rings (SSSR count). The van der Waals surface area contributed by atoms with Gasteiger partial charge in [0.05, 0.1) is 7.11 Å². The lowest BCUT2D eigenvalue weighted by atomic mass is 9.97. The van der Waals surface area contributed by atoms with Crippen molar-refractivity contribution in [2.45, 2.75) is 19.4 Å². The third-order valence-electron chi connectivity index (χ3n) is 4.21. The van der Waals surface area contributed by atoms with Crippen LogP contribution in [0.15, 0.2) is 24.3 Å². The van der Waals surface area contributed by atoms with E-state index < -0.39 is 10.2 Å². The average molecular weight is 355 g/mol. The van der Waals surface area contributed by atoms with Gasteiger partial charge in [-0.3, -0.25) is 4.79 Å². The molecule has 0 spiro atoms. The number of ether oxygens (including phenoxy) is 1. The van der Waals surface area contributed by atoms with Crippen LogP contribution in [-0.2, 0) is 21.5 Å². The summed E-state index contributed by atoms with van der Waals surface area (Å²) in [7, 11) is 1.25. The molecule has 24 heavy (non-hydrogen) atoms. The van der Waals surface area contributed by atoms with Gasteiger partial charge in [-0.05, 0) is 30.5 Å². The van der Waals surface area contributed by atoms with Crippen molar-refractivity contribution in [3.63, 3.8) is 0 Å². The Hall–Kier alpha value is -1.64. The Kier molecular flexibility index (Phi) is 6.20. The maximum Gasteiger partial charge on any atom is 0.281 e. The molecular formula is C16H25N3O4S. The molecule has 0 aliphatic carbocycles. The fourth-order valence-corrected chi connectivity index (χ4v) is 3.83. The Labute approximate surface area is 143 Å². The topological polar surface area (TPSA) is 79.0 Å². The van der Waals surface area contributed by atoms with Crippen LogP contribution in [0.2, 0.25) is 0 Å². The largest absolute Gasteiger partial charge is 0.497 e. The van der Waals surface area contributed by atoms with Crippen LogP contribution in [0.3, 0.4) is 0 Å². The second-order valence-corrected chi connectivity index (χ2v) is 8.18. The van der Waals surface area contributed by atoms with Crippen LogP contribution in [0, 0.1) is 5.92 Å². The van der Waals surface area contributed by atoms with Crippen LogP contribution in [0.4, 0.5) is 0 Å². The summed E-state index contributed by atoms with van der Waals surface area (Å²) in [4.78, 5) is 12.3. The summed E-state index contributed by atoms with van der Waals surface area (Å²) in [6.07, 6.45) is 1.08. The minimum Gasteiger partial charge on any atom is -0.497 e. The smallest absolute Gasteiger partial charge is 0.281 e. The highest BCUT2D eigenvalue weighted by Crippen LogP contribution is 2.21. The van der Waals surface area contributed by atoms with E-state index in [0.29, 0.717) is 32.5 Å². The fraction of sp³-hybridized carbons (Fsp3) is 0.562. The lowest BCUT2D eigenvalue weighted by Crippen LogP contribution is -2.46. The Morgan fingerprint density at radius 2 is 2.00 bits per heavy atom. The van der Waals surface area contributed by atoms with Crippen LogP contribution < -0.4 is 10.1 Å². The molecule has 1 N–H and O–H groups in total. The lowest BCUT2D eigenvalue weighted by molar-refractivity contribution is -0.126. The maximum absolute atomic E-state index is 12.3. The normalized spacial score (nSPS) is 17.0. The van der Waals surface area contributed by atoms with Gasteiger partial charge in [-0.25, -0.2) is 0 Å². The highest BCUT2D eigenvalue weighted by atomic mass is 32.2. The zero-order chi connectivity index (χ0) is 17.7. The zero-order valence-corrected chi connectivity index (χ0v) is 15.2. The summed E-state index contributed by atoms with van der Waals surface area (Å²) >= 11 is 0. The molecule has 0 aromatic heterocycles. The number of nitrogens with zero attached hydrogens (tertiary/aromatic N) is 2. The Morgan fingerprint density at radius 1 is 1.33 bits per heavy atom. The molecule has 1 fully saturated rings. The standard InChI is InChI=1S/C16H25N3O4S/c1-18(2)24(21,22)19-9-7-14(8-10-19)16(20)17-12-13-5-4-6-15(11-13)23-3/h4-6,11,14H,7-10,12H2,1-3H3,(H,17,20). The van der Waals surface area contributed by atoms with Gasteiger partial charge in [0.25, 0.3) is 10.2 Å². The molecule has 1 heterocycles. The van der Waals surface area contributed by atoms with Gasteiger partial charge in [0.1, 0.15) is 5.75 Å². The summed E-state index contributed by atoms with van der Waals surface area (Å²) in [6, 6.07) is 7.54. The zero-order valence-electron chi connectivity index (χ0n) is 14.4. The molecule has 134 valence electrons. The summed E-state index contributed by atoms with van der Waals surface area (Å²) < 4.78 is 31.9. The molecule has 1 amide bonds. The third kappa shape index (κ3) is 4.46. The van der Waals surface area contributed by atoms with E-state index in [9.17, 15) is 13.2 Å². The first-order chi connectivity index (χ1) is 11.3. The molecule has 0 bridgehead atoms. The fourth-order valence-electron chi connectivity index (χ4n) is 2.70. The van der Waals surface area contributed by atoms with Gasteiger partial charge in [0.2, 0.25) is 5.91 Å². The van der Waals surface area contributed by atoms with Gasteiger partial charge in [-0.15, -0.1) is 0 Å². The highest BCUT2D eigenvalue weighted by molar-refractivity contribution is 7.86. The molecule has 1 aliphatic rings. The van der Waals surface area contributed by atoms with Gasteiger partial charge in [0.15, 0.2) is 0 Å². The van der Waals surface area contributed by atoms with Gasteiger partial charge in [-0.1, -0.05) is 12.1 Å². The second-order valence-electron chi connectivity index (χ2n) is 6.03. The first-order valence-electron chi connectivity index (χ1n) is 7.93. The van der Waals surface area contributed by atoms with Crippen molar-refractivity contribution in [3.8, 4) is 5.75 Å².